The molecule has 1 aliphatic rings. The van der Waals surface area contributed by atoms with Crippen molar-refractivity contribution in [3.05, 3.63) is 58.1 Å². The van der Waals surface area contributed by atoms with Crippen LogP contribution in [0.3, 0.4) is 0 Å². The molecular formula is C24H32N6O2. The lowest BCUT2D eigenvalue weighted by atomic mass is 9.92. The van der Waals surface area contributed by atoms with Crippen LogP contribution in [-0.2, 0) is 12.0 Å². The number of amides is 1. The Bertz CT molecular complexity index is 1140. The molecule has 8 heteroatoms. The number of aromatic amines is 1. The molecule has 0 spiro atoms. The minimum Gasteiger partial charge on any atom is -0.349 e. The molecule has 1 fully saturated rings. The number of nitrogens with one attached hydrogen (secondary N) is 2. The molecule has 1 amide bonds. The Balaban J connectivity index is 1.39. The van der Waals surface area contributed by atoms with Gasteiger partial charge >= 0.3 is 0 Å². The first-order valence-corrected chi connectivity index (χ1v) is 11.4. The number of nitrogens with zero attached hydrogens (tertiary/aromatic N) is 4. The predicted molar refractivity (Wildman–Crippen MR) is 125 cm³/mol. The van der Waals surface area contributed by atoms with Gasteiger partial charge in [-0.1, -0.05) is 45.4 Å². The van der Waals surface area contributed by atoms with E-state index in [0.717, 1.165) is 48.9 Å². The van der Waals surface area contributed by atoms with Crippen molar-refractivity contribution < 1.29 is 4.79 Å². The number of piperidine rings is 1. The highest BCUT2D eigenvalue weighted by molar-refractivity contribution is 6.04. The molecule has 0 aliphatic carbocycles. The molecule has 1 saturated heterocycles. The fourth-order valence-corrected chi connectivity index (χ4v) is 4.25. The first-order chi connectivity index (χ1) is 15.3. The van der Waals surface area contributed by atoms with Gasteiger partial charge in [-0.25, -0.2) is 4.68 Å². The average Bonchev–Trinajstić information content (AvgIpc) is 3.21. The fraction of sp³-hybridized carbons (Fsp3) is 0.500. The monoisotopic (exact) mass is 436 g/mol. The van der Waals surface area contributed by atoms with E-state index in [0.29, 0.717) is 18.8 Å². The number of hydrogen-bond donors (Lipinski definition) is 2. The number of rotatable bonds is 6. The minimum atomic E-state index is -0.163. The number of carbonyl (C=O) groups is 1. The molecular weight excluding hydrogens is 404 g/mol. The zero-order chi connectivity index (χ0) is 22.7. The molecule has 8 nitrogen and oxygen atoms in total. The number of fused-ring (bicyclic) bond motifs is 1. The van der Waals surface area contributed by atoms with Crippen LogP contribution in [0.15, 0.2) is 41.2 Å². The van der Waals surface area contributed by atoms with Gasteiger partial charge in [-0.3, -0.25) is 19.6 Å². The third-order valence-corrected chi connectivity index (χ3v) is 6.17. The van der Waals surface area contributed by atoms with E-state index < -0.39 is 0 Å². The van der Waals surface area contributed by atoms with E-state index in [2.05, 4.69) is 46.3 Å². The number of H-pyrrole nitrogens is 1. The molecule has 0 radical (unpaired) electrons. The number of likely N-dealkylation sites (tertiary alicyclic amines) is 1. The first-order valence-electron chi connectivity index (χ1n) is 11.4. The third-order valence-electron chi connectivity index (χ3n) is 6.17. The third kappa shape index (κ3) is 4.91. The van der Waals surface area contributed by atoms with E-state index in [1.54, 1.807) is 10.7 Å². The van der Waals surface area contributed by atoms with Gasteiger partial charge in [0.05, 0.1) is 17.8 Å². The maximum atomic E-state index is 12.8. The Morgan fingerprint density at radius 2 is 1.97 bits per heavy atom. The fourth-order valence-electron chi connectivity index (χ4n) is 4.25. The summed E-state index contributed by atoms with van der Waals surface area (Å²) in [4.78, 5) is 27.4. The van der Waals surface area contributed by atoms with Crippen molar-refractivity contribution >= 4 is 16.8 Å². The molecule has 4 rings (SSSR count). The van der Waals surface area contributed by atoms with Gasteiger partial charge in [-0.05, 0) is 31.5 Å². The van der Waals surface area contributed by atoms with Gasteiger partial charge in [-0.15, -0.1) is 0 Å². The van der Waals surface area contributed by atoms with E-state index in [1.165, 1.54) is 0 Å². The molecule has 1 atom stereocenters. The van der Waals surface area contributed by atoms with E-state index in [4.69, 9.17) is 0 Å². The van der Waals surface area contributed by atoms with Crippen molar-refractivity contribution in [1.82, 2.24) is 30.2 Å². The molecule has 32 heavy (non-hydrogen) atoms. The highest BCUT2D eigenvalue weighted by Crippen LogP contribution is 2.19. The molecule has 0 bridgehead atoms. The normalized spacial score (nSPS) is 17.5. The van der Waals surface area contributed by atoms with Crippen molar-refractivity contribution in [2.24, 2.45) is 0 Å². The molecule has 1 aliphatic heterocycles. The van der Waals surface area contributed by atoms with E-state index in [1.807, 2.05) is 30.3 Å². The second-order valence-electron chi connectivity index (χ2n) is 9.54. The van der Waals surface area contributed by atoms with Crippen LogP contribution in [0.2, 0.25) is 0 Å². The van der Waals surface area contributed by atoms with Crippen LogP contribution in [0.25, 0.3) is 10.9 Å². The molecule has 170 valence electrons. The Labute approximate surface area is 188 Å². The minimum absolute atomic E-state index is 0.0785. The van der Waals surface area contributed by atoms with Crippen LogP contribution in [0.5, 0.6) is 0 Å². The summed E-state index contributed by atoms with van der Waals surface area (Å²) >= 11 is 0. The summed E-state index contributed by atoms with van der Waals surface area (Å²) in [6.45, 7) is 9.07. The summed E-state index contributed by atoms with van der Waals surface area (Å²) < 4.78 is 1.57. The van der Waals surface area contributed by atoms with Gasteiger partial charge in [0.1, 0.15) is 0 Å². The Kier molecular flexibility index (Phi) is 6.41. The van der Waals surface area contributed by atoms with E-state index >= 15 is 0 Å². The van der Waals surface area contributed by atoms with Crippen molar-refractivity contribution in [3.8, 4) is 0 Å². The van der Waals surface area contributed by atoms with Gasteiger partial charge in [0.15, 0.2) is 5.69 Å². The number of benzene rings is 1. The number of aromatic nitrogens is 4. The second-order valence-corrected chi connectivity index (χ2v) is 9.54. The highest BCUT2D eigenvalue weighted by atomic mass is 16.2. The molecule has 0 saturated carbocycles. The van der Waals surface area contributed by atoms with Gasteiger partial charge in [-0.2, -0.15) is 10.2 Å². The maximum Gasteiger partial charge on any atom is 0.272 e. The average molecular weight is 437 g/mol. The second kappa shape index (κ2) is 9.24. The molecule has 2 aromatic heterocycles. The van der Waals surface area contributed by atoms with Crippen LogP contribution >= 0.6 is 0 Å². The van der Waals surface area contributed by atoms with Gasteiger partial charge in [0.25, 0.3) is 11.5 Å². The van der Waals surface area contributed by atoms with Crippen molar-refractivity contribution in [1.29, 1.82) is 0 Å². The highest BCUT2D eigenvalue weighted by Gasteiger charge is 2.24. The zero-order valence-electron chi connectivity index (χ0n) is 19.1. The summed E-state index contributed by atoms with van der Waals surface area (Å²) in [7, 11) is 0. The van der Waals surface area contributed by atoms with Crippen LogP contribution in [0.4, 0.5) is 0 Å². The zero-order valence-corrected chi connectivity index (χ0v) is 19.1. The Morgan fingerprint density at radius 3 is 2.78 bits per heavy atom. The number of hydrogen-bond acceptors (Lipinski definition) is 5. The molecule has 2 N–H and O–H groups in total. The first kappa shape index (κ1) is 22.2. The number of carbonyl (C=O) groups excluding carboxylic acids is 1. The largest absolute Gasteiger partial charge is 0.349 e. The molecule has 3 aromatic rings. The number of para-hydroxylation sites is 1. The van der Waals surface area contributed by atoms with Gasteiger partial charge in [0.2, 0.25) is 0 Å². The van der Waals surface area contributed by atoms with Crippen molar-refractivity contribution in [2.75, 3.05) is 19.6 Å². The lowest BCUT2D eigenvalue weighted by Crippen LogP contribution is -2.48. The van der Waals surface area contributed by atoms with E-state index in [-0.39, 0.29) is 22.9 Å². The van der Waals surface area contributed by atoms with Crippen LogP contribution in [0, 0.1) is 0 Å². The molecule has 3 heterocycles. The maximum absolute atomic E-state index is 12.8. The smallest absolute Gasteiger partial charge is 0.272 e. The quantitative estimate of drug-likeness (QED) is 0.619. The van der Waals surface area contributed by atoms with E-state index in [9.17, 15) is 9.59 Å². The Morgan fingerprint density at radius 1 is 1.16 bits per heavy atom. The Hall–Kier alpha value is -3.00. The summed E-state index contributed by atoms with van der Waals surface area (Å²) in [5, 5.41) is 15.6. The van der Waals surface area contributed by atoms with Crippen LogP contribution in [-0.4, -0.2) is 56.5 Å². The van der Waals surface area contributed by atoms with Gasteiger partial charge < -0.3 is 5.32 Å². The summed E-state index contributed by atoms with van der Waals surface area (Å²) in [6, 6.07) is 11.3. The molecule has 1 aromatic carbocycles. The lowest BCUT2D eigenvalue weighted by molar-refractivity contribution is 0.0906. The van der Waals surface area contributed by atoms with Crippen LogP contribution in [0.1, 0.15) is 56.2 Å². The molecule has 1 unspecified atom stereocenters. The predicted octanol–water partition coefficient (Wildman–Crippen LogP) is 2.70. The summed E-state index contributed by atoms with van der Waals surface area (Å²) in [6.07, 6.45) is 3.28. The van der Waals surface area contributed by atoms with Crippen LogP contribution < -0.4 is 10.9 Å². The summed E-state index contributed by atoms with van der Waals surface area (Å²) in [5.41, 5.74) is 2.00. The standard InChI is InChI=1S/C24H32N6O2/c1-24(2,3)20-11-12-21(31)30(28-20)15-14-29-13-7-6-8-17(29)16-25-23(32)22-18-9-4-5-10-19(18)26-27-22/h4-5,9-12,17H,6-8,13-16H2,1-3H3,(H,25,32)(H,26,27). The van der Waals surface area contributed by atoms with Gasteiger partial charge in [0, 0.05) is 36.0 Å². The topological polar surface area (TPSA) is 95.9 Å². The van der Waals surface area contributed by atoms with Crippen molar-refractivity contribution in [2.45, 2.75) is 58.0 Å². The summed E-state index contributed by atoms with van der Waals surface area (Å²) in [5.74, 6) is -0.163. The lowest BCUT2D eigenvalue weighted by Gasteiger charge is -2.35. The SMILES string of the molecule is CC(C)(C)c1ccc(=O)n(CCN2CCCCC2CNC(=O)c2n[nH]c3ccccc23)n1. The van der Waals surface area contributed by atoms with Crippen molar-refractivity contribution in [3.63, 3.8) is 0 Å².